The fraction of sp³-hybridized carbons (Fsp3) is 0.500. The van der Waals surface area contributed by atoms with Crippen LogP contribution in [0.5, 0.6) is 5.75 Å². The number of nitrogens with zero attached hydrogens (tertiary/aromatic N) is 1. The Kier molecular flexibility index (Phi) is 9.72. The number of piperidine rings is 1. The smallest absolute Gasteiger partial charge is 0.194 e. The van der Waals surface area contributed by atoms with Crippen molar-refractivity contribution in [1.82, 2.24) is 0 Å². The standard InChI is InChI=1S/C26H36NO2.Y/c1-5-25(26(28)18-24-20(2)10-9-11-21(24)3)27(16-7-6-8-17-27)19-22-12-14-23(29-4)15-13-22;/h9-15,25H,5-8,16-19H2,1-4H3;/q+1;. The second kappa shape index (κ2) is 11.6. The minimum Gasteiger partial charge on any atom is -0.497 e. The zero-order valence-electron chi connectivity index (χ0n) is 19.1. The summed E-state index contributed by atoms with van der Waals surface area (Å²) in [5.41, 5.74) is 4.98. The average molecular weight is 483 g/mol. The van der Waals surface area contributed by atoms with Gasteiger partial charge in [0, 0.05) is 51.1 Å². The third-order valence-electron chi connectivity index (χ3n) is 6.78. The zero-order chi connectivity index (χ0) is 20.9. The number of carbonyl (C=O) groups excluding carboxylic acids is 1. The molecule has 0 N–H and O–H groups in total. The molecular formula is C26H36NO2Y+. The Balaban J connectivity index is 0.00000320. The summed E-state index contributed by atoms with van der Waals surface area (Å²) >= 11 is 0. The van der Waals surface area contributed by atoms with Crippen molar-refractivity contribution in [2.45, 2.75) is 65.5 Å². The molecule has 30 heavy (non-hydrogen) atoms. The molecule has 0 aromatic heterocycles. The Morgan fingerprint density at radius 1 is 1.00 bits per heavy atom. The summed E-state index contributed by atoms with van der Waals surface area (Å²) in [5.74, 6) is 1.29. The molecule has 0 spiro atoms. The van der Waals surface area contributed by atoms with E-state index in [-0.39, 0.29) is 38.8 Å². The number of quaternary nitrogens is 1. The Morgan fingerprint density at radius 3 is 2.13 bits per heavy atom. The molecule has 0 saturated carbocycles. The van der Waals surface area contributed by atoms with Gasteiger partial charge in [-0.2, -0.15) is 0 Å². The fourth-order valence-electron chi connectivity index (χ4n) is 5.16. The summed E-state index contributed by atoms with van der Waals surface area (Å²) in [6, 6.07) is 14.8. The van der Waals surface area contributed by atoms with Crippen LogP contribution in [0.3, 0.4) is 0 Å². The monoisotopic (exact) mass is 483 g/mol. The predicted octanol–water partition coefficient (Wildman–Crippen LogP) is 5.40. The van der Waals surface area contributed by atoms with Crippen LogP contribution >= 0.6 is 0 Å². The number of benzene rings is 2. The van der Waals surface area contributed by atoms with Crippen LogP contribution in [0.2, 0.25) is 0 Å². The van der Waals surface area contributed by atoms with Crippen LogP contribution in [-0.4, -0.2) is 36.5 Å². The van der Waals surface area contributed by atoms with Crippen molar-refractivity contribution in [2.75, 3.05) is 20.2 Å². The van der Waals surface area contributed by atoms with Gasteiger partial charge >= 0.3 is 0 Å². The van der Waals surface area contributed by atoms with Gasteiger partial charge in [0.05, 0.1) is 20.2 Å². The van der Waals surface area contributed by atoms with Crippen LogP contribution in [0.15, 0.2) is 42.5 Å². The summed E-state index contributed by atoms with van der Waals surface area (Å²) < 4.78 is 6.23. The Hall–Kier alpha value is -1.03. The number of methoxy groups -OCH3 is 1. The second-order valence-electron chi connectivity index (χ2n) is 8.67. The van der Waals surface area contributed by atoms with E-state index >= 15 is 0 Å². The Labute approximate surface area is 207 Å². The minimum absolute atomic E-state index is 0. The maximum Gasteiger partial charge on any atom is 0.194 e. The average Bonchev–Trinajstić information content (AvgIpc) is 2.72. The summed E-state index contributed by atoms with van der Waals surface area (Å²) in [5, 5.41) is 0. The van der Waals surface area contributed by atoms with Crippen molar-refractivity contribution in [3.63, 3.8) is 0 Å². The van der Waals surface area contributed by atoms with Crippen molar-refractivity contribution >= 4 is 5.78 Å². The van der Waals surface area contributed by atoms with Gasteiger partial charge in [0.2, 0.25) is 0 Å². The summed E-state index contributed by atoms with van der Waals surface area (Å²) in [4.78, 5) is 13.6. The number of likely N-dealkylation sites (tertiary alicyclic amines) is 1. The van der Waals surface area contributed by atoms with Crippen LogP contribution in [-0.2, 0) is 50.5 Å². The molecule has 1 saturated heterocycles. The number of hydrogen-bond acceptors (Lipinski definition) is 2. The van der Waals surface area contributed by atoms with Gasteiger partial charge in [0.15, 0.2) is 5.78 Å². The van der Waals surface area contributed by atoms with E-state index in [9.17, 15) is 4.79 Å². The first kappa shape index (κ1) is 25.2. The van der Waals surface area contributed by atoms with Crippen LogP contribution in [0.25, 0.3) is 0 Å². The molecule has 3 nitrogen and oxygen atoms in total. The quantitative estimate of drug-likeness (QED) is 0.470. The van der Waals surface area contributed by atoms with Gasteiger partial charge in [-0.05, 0) is 74.1 Å². The summed E-state index contributed by atoms with van der Waals surface area (Å²) in [6.45, 7) is 9.57. The molecule has 1 aliphatic heterocycles. The minimum atomic E-state index is 0. The van der Waals surface area contributed by atoms with Crippen LogP contribution in [0.4, 0.5) is 0 Å². The molecule has 1 fully saturated rings. The van der Waals surface area contributed by atoms with Gasteiger partial charge < -0.3 is 9.22 Å². The maximum atomic E-state index is 13.6. The van der Waals surface area contributed by atoms with E-state index in [4.69, 9.17) is 4.74 Å². The SMILES string of the molecule is CCC(C(=O)Cc1c(C)cccc1C)[N+]1(Cc2ccc(OC)cc2)CCCCC1.[Y]. The zero-order valence-corrected chi connectivity index (χ0v) is 22.0. The van der Waals surface area contributed by atoms with Crippen LogP contribution in [0, 0.1) is 13.8 Å². The summed E-state index contributed by atoms with van der Waals surface area (Å²) in [6.07, 6.45) is 5.16. The van der Waals surface area contributed by atoms with Gasteiger partial charge in [-0.3, -0.25) is 4.79 Å². The predicted molar refractivity (Wildman–Crippen MR) is 119 cm³/mol. The number of carbonyl (C=O) groups is 1. The molecule has 0 aliphatic carbocycles. The van der Waals surface area contributed by atoms with Crippen molar-refractivity contribution in [3.05, 3.63) is 64.7 Å². The van der Waals surface area contributed by atoms with E-state index in [0.29, 0.717) is 12.2 Å². The fourth-order valence-corrected chi connectivity index (χ4v) is 5.16. The molecule has 1 unspecified atom stereocenters. The topological polar surface area (TPSA) is 26.3 Å². The van der Waals surface area contributed by atoms with E-state index < -0.39 is 0 Å². The molecule has 2 aromatic carbocycles. The third-order valence-corrected chi connectivity index (χ3v) is 6.78. The van der Waals surface area contributed by atoms with Crippen LogP contribution in [0.1, 0.15) is 54.9 Å². The van der Waals surface area contributed by atoms with Gasteiger partial charge in [-0.15, -0.1) is 0 Å². The molecule has 1 radical (unpaired) electrons. The normalized spacial score (nSPS) is 16.4. The third kappa shape index (κ3) is 5.81. The number of ketones is 1. The number of aryl methyl sites for hydroxylation is 2. The number of rotatable bonds is 8. The second-order valence-corrected chi connectivity index (χ2v) is 8.67. The van der Waals surface area contributed by atoms with Gasteiger partial charge in [-0.25, -0.2) is 0 Å². The molecule has 3 rings (SSSR count). The van der Waals surface area contributed by atoms with E-state index in [1.165, 1.54) is 41.5 Å². The van der Waals surface area contributed by atoms with Crippen molar-refractivity contribution in [3.8, 4) is 5.75 Å². The Morgan fingerprint density at radius 2 is 1.60 bits per heavy atom. The van der Waals surface area contributed by atoms with Gasteiger partial charge in [-0.1, -0.05) is 25.1 Å². The summed E-state index contributed by atoms with van der Waals surface area (Å²) in [7, 11) is 1.70. The molecule has 4 heteroatoms. The number of hydrogen-bond donors (Lipinski definition) is 0. The van der Waals surface area contributed by atoms with E-state index in [2.05, 4.69) is 51.1 Å². The van der Waals surface area contributed by atoms with Gasteiger partial charge in [0.25, 0.3) is 0 Å². The van der Waals surface area contributed by atoms with Gasteiger partial charge in [0.1, 0.15) is 18.3 Å². The van der Waals surface area contributed by atoms with Crippen molar-refractivity contribution in [1.29, 1.82) is 0 Å². The van der Waals surface area contributed by atoms with Crippen molar-refractivity contribution in [2.24, 2.45) is 0 Å². The molecule has 1 aliphatic rings. The first-order valence-electron chi connectivity index (χ1n) is 11.1. The molecule has 159 valence electrons. The van der Waals surface area contributed by atoms with Crippen molar-refractivity contribution < 1.29 is 46.7 Å². The molecule has 1 atom stereocenters. The molecular weight excluding hydrogens is 447 g/mol. The molecule has 1 heterocycles. The number of ether oxygens (including phenoxy) is 1. The first-order chi connectivity index (χ1) is 14.0. The van der Waals surface area contributed by atoms with E-state index in [0.717, 1.165) is 36.3 Å². The van der Waals surface area contributed by atoms with Crippen LogP contribution < -0.4 is 4.74 Å². The van der Waals surface area contributed by atoms with E-state index in [1.54, 1.807) is 7.11 Å². The van der Waals surface area contributed by atoms with E-state index in [1.807, 2.05) is 12.1 Å². The number of Topliss-reactive ketones (excluding diaryl/α,β-unsaturated/α-hetero) is 1. The Bertz CT molecular complexity index is 805. The first-order valence-corrected chi connectivity index (χ1v) is 11.1. The molecule has 0 bridgehead atoms. The molecule has 0 amide bonds. The maximum absolute atomic E-state index is 13.6. The molecule has 2 aromatic rings. The largest absolute Gasteiger partial charge is 0.497 e.